The van der Waals surface area contributed by atoms with Crippen LogP contribution in [-0.4, -0.2) is 87.1 Å². The molecule has 25 heavy (non-hydrogen) atoms. The molecule has 0 spiro atoms. The number of hydrogen-bond acceptors (Lipinski definition) is 10. The van der Waals surface area contributed by atoms with E-state index in [2.05, 4.69) is 9.47 Å². The van der Waals surface area contributed by atoms with E-state index in [0.717, 1.165) is 0 Å². The summed E-state index contributed by atoms with van der Waals surface area (Å²) in [6.45, 7) is 5.11. The molecular formula is C15H28O10. The summed E-state index contributed by atoms with van der Waals surface area (Å²) >= 11 is 0. The molecule has 0 heterocycles. The zero-order chi connectivity index (χ0) is 19.1. The van der Waals surface area contributed by atoms with Gasteiger partial charge in [0.25, 0.3) is 0 Å². The second-order valence-corrected chi connectivity index (χ2v) is 5.27. The molecule has 0 saturated carbocycles. The van der Waals surface area contributed by atoms with Gasteiger partial charge < -0.3 is 38.6 Å². The van der Waals surface area contributed by atoms with Crippen LogP contribution < -0.4 is 0 Å². The average molecular weight is 368 g/mol. The fourth-order valence-electron chi connectivity index (χ4n) is 1.32. The van der Waals surface area contributed by atoms with Gasteiger partial charge in [0.15, 0.2) is 0 Å². The molecule has 0 amide bonds. The molecule has 0 fully saturated rings. The first-order valence-electron chi connectivity index (χ1n) is 7.95. The van der Waals surface area contributed by atoms with Gasteiger partial charge in [0.1, 0.15) is 26.4 Å². The quantitative estimate of drug-likeness (QED) is 0.349. The largest absolute Gasteiger partial charge is 0.508 e. The van der Waals surface area contributed by atoms with Crippen molar-refractivity contribution in [2.75, 3.05) is 46.2 Å². The summed E-state index contributed by atoms with van der Waals surface area (Å²) in [5.74, 6) is 0. The Balaban J connectivity index is 3.45. The molecule has 0 saturated heterocycles. The van der Waals surface area contributed by atoms with Crippen LogP contribution >= 0.6 is 0 Å². The Kier molecular flexibility index (Phi) is 13.7. The summed E-state index contributed by atoms with van der Waals surface area (Å²) in [5.41, 5.74) is 0. The number of ether oxygens (including phenoxy) is 6. The summed E-state index contributed by atoms with van der Waals surface area (Å²) in [4.78, 5) is 22.1. The molecule has 0 aliphatic heterocycles. The summed E-state index contributed by atoms with van der Waals surface area (Å²) in [6.07, 6.45) is -3.48. The molecule has 3 unspecified atom stereocenters. The Bertz CT molecular complexity index is 358. The summed E-state index contributed by atoms with van der Waals surface area (Å²) in [7, 11) is 0. The van der Waals surface area contributed by atoms with Crippen LogP contribution in [0.5, 0.6) is 0 Å². The summed E-state index contributed by atoms with van der Waals surface area (Å²) < 4.78 is 29.2. The van der Waals surface area contributed by atoms with Gasteiger partial charge in [-0.2, -0.15) is 0 Å². The van der Waals surface area contributed by atoms with Gasteiger partial charge >= 0.3 is 12.3 Å². The molecule has 148 valence electrons. The maximum absolute atomic E-state index is 11.1. The zero-order valence-electron chi connectivity index (χ0n) is 14.8. The van der Waals surface area contributed by atoms with Gasteiger partial charge in [0, 0.05) is 0 Å². The number of aliphatic hydroxyl groups is 2. The van der Waals surface area contributed by atoms with Gasteiger partial charge in [-0.3, -0.25) is 0 Å². The van der Waals surface area contributed by atoms with E-state index in [-0.39, 0.29) is 52.4 Å². The van der Waals surface area contributed by atoms with Crippen molar-refractivity contribution in [3.8, 4) is 0 Å². The van der Waals surface area contributed by atoms with Gasteiger partial charge in [-0.25, -0.2) is 9.59 Å². The predicted octanol–water partition coefficient (Wildman–Crippen LogP) is 0.476. The van der Waals surface area contributed by atoms with E-state index < -0.39 is 24.5 Å². The molecule has 0 aliphatic rings. The third-order valence-electron chi connectivity index (χ3n) is 2.39. The number of carbonyl (C=O) groups is 2. The SMILES string of the molecule is CC(O)COC(=O)OCCOCC(C)OCCOC(=O)OCC(C)O. The maximum Gasteiger partial charge on any atom is 0.508 e. The van der Waals surface area contributed by atoms with E-state index in [0.29, 0.717) is 0 Å². The molecular weight excluding hydrogens is 340 g/mol. The molecule has 0 bridgehead atoms. The monoisotopic (exact) mass is 368 g/mol. The maximum atomic E-state index is 11.1. The van der Waals surface area contributed by atoms with Crippen LogP contribution in [0.2, 0.25) is 0 Å². The normalized spacial score (nSPS) is 14.3. The topological polar surface area (TPSA) is 130 Å². The molecule has 2 N–H and O–H groups in total. The lowest BCUT2D eigenvalue weighted by atomic mass is 10.4. The van der Waals surface area contributed by atoms with Crippen LogP contribution in [0.15, 0.2) is 0 Å². The molecule has 10 heteroatoms. The number of aliphatic hydroxyl groups excluding tert-OH is 2. The van der Waals surface area contributed by atoms with E-state index in [1.807, 2.05) is 0 Å². The third kappa shape index (κ3) is 17.0. The zero-order valence-corrected chi connectivity index (χ0v) is 14.8. The van der Waals surface area contributed by atoms with Crippen molar-refractivity contribution in [2.24, 2.45) is 0 Å². The Morgan fingerprint density at radius 2 is 1.20 bits per heavy atom. The van der Waals surface area contributed by atoms with Crippen LogP contribution in [0.25, 0.3) is 0 Å². The first-order valence-corrected chi connectivity index (χ1v) is 7.95. The second kappa shape index (κ2) is 14.7. The van der Waals surface area contributed by atoms with Crippen LogP contribution in [0.1, 0.15) is 20.8 Å². The van der Waals surface area contributed by atoms with Gasteiger partial charge in [-0.15, -0.1) is 0 Å². The number of rotatable bonds is 13. The van der Waals surface area contributed by atoms with Crippen molar-refractivity contribution in [1.29, 1.82) is 0 Å². The third-order valence-corrected chi connectivity index (χ3v) is 2.39. The van der Waals surface area contributed by atoms with E-state index in [1.54, 1.807) is 6.92 Å². The van der Waals surface area contributed by atoms with E-state index in [4.69, 9.17) is 29.2 Å². The first-order chi connectivity index (χ1) is 11.8. The second-order valence-electron chi connectivity index (χ2n) is 5.27. The molecule has 10 nitrogen and oxygen atoms in total. The predicted molar refractivity (Wildman–Crippen MR) is 84.2 cm³/mol. The number of hydrogen-bond donors (Lipinski definition) is 2. The highest BCUT2D eigenvalue weighted by molar-refractivity contribution is 5.60. The van der Waals surface area contributed by atoms with Crippen molar-refractivity contribution < 1.29 is 48.2 Å². The molecule has 0 radical (unpaired) electrons. The van der Waals surface area contributed by atoms with Gasteiger partial charge in [-0.05, 0) is 20.8 Å². The van der Waals surface area contributed by atoms with Gasteiger partial charge in [0.05, 0.1) is 38.1 Å². The van der Waals surface area contributed by atoms with E-state index in [9.17, 15) is 9.59 Å². The van der Waals surface area contributed by atoms with Crippen molar-refractivity contribution >= 4 is 12.3 Å². The molecule has 0 aliphatic carbocycles. The molecule has 0 aromatic heterocycles. The number of carbonyl (C=O) groups excluding carboxylic acids is 2. The van der Waals surface area contributed by atoms with Crippen LogP contribution in [0, 0.1) is 0 Å². The molecule has 0 aromatic carbocycles. The van der Waals surface area contributed by atoms with Gasteiger partial charge in [0.2, 0.25) is 0 Å². The summed E-state index contributed by atoms with van der Waals surface area (Å²) in [6, 6.07) is 0. The fourth-order valence-corrected chi connectivity index (χ4v) is 1.32. The van der Waals surface area contributed by atoms with E-state index >= 15 is 0 Å². The lowest BCUT2D eigenvalue weighted by Crippen LogP contribution is -2.22. The van der Waals surface area contributed by atoms with Crippen molar-refractivity contribution in [3.63, 3.8) is 0 Å². The molecule has 3 atom stereocenters. The summed E-state index contributed by atoms with van der Waals surface area (Å²) in [5, 5.41) is 17.9. The van der Waals surface area contributed by atoms with Crippen molar-refractivity contribution in [1.82, 2.24) is 0 Å². The molecule has 0 aromatic rings. The Labute approximate surface area is 146 Å². The smallest absolute Gasteiger partial charge is 0.432 e. The standard InChI is InChI=1S/C15H28O10/c1-11(16)8-24-14(18)22-5-4-20-10-13(3)21-6-7-23-15(19)25-9-12(2)17/h11-13,16-17H,4-10H2,1-3H3. The first kappa shape index (κ1) is 23.4. The Hall–Kier alpha value is -1.62. The highest BCUT2D eigenvalue weighted by Crippen LogP contribution is 1.95. The van der Waals surface area contributed by atoms with Crippen LogP contribution in [0.4, 0.5) is 9.59 Å². The van der Waals surface area contributed by atoms with Crippen LogP contribution in [-0.2, 0) is 28.4 Å². The Morgan fingerprint density at radius 3 is 1.68 bits per heavy atom. The molecule has 0 rings (SSSR count). The highest BCUT2D eigenvalue weighted by atomic mass is 16.7. The van der Waals surface area contributed by atoms with Crippen molar-refractivity contribution in [2.45, 2.75) is 39.1 Å². The Morgan fingerprint density at radius 1 is 0.720 bits per heavy atom. The minimum absolute atomic E-state index is 0.0151. The van der Waals surface area contributed by atoms with Crippen molar-refractivity contribution in [3.05, 3.63) is 0 Å². The lowest BCUT2D eigenvalue weighted by molar-refractivity contribution is -0.0409. The minimum Gasteiger partial charge on any atom is -0.432 e. The fraction of sp³-hybridized carbons (Fsp3) is 0.867. The minimum atomic E-state index is -0.868. The lowest BCUT2D eigenvalue weighted by Gasteiger charge is -2.14. The van der Waals surface area contributed by atoms with E-state index in [1.165, 1.54) is 13.8 Å². The highest BCUT2D eigenvalue weighted by Gasteiger charge is 2.08. The van der Waals surface area contributed by atoms with Crippen LogP contribution in [0.3, 0.4) is 0 Å². The average Bonchev–Trinajstić information content (AvgIpc) is 2.54. The van der Waals surface area contributed by atoms with Gasteiger partial charge in [-0.1, -0.05) is 0 Å².